The van der Waals surface area contributed by atoms with Crippen molar-refractivity contribution in [2.45, 2.75) is 6.10 Å². The van der Waals surface area contributed by atoms with Crippen LogP contribution in [0.2, 0.25) is 0 Å². The molecule has 0 radical (unpaired) electrons. The number of halogens is 1. The third-order valence-corrected chi connectivity index (χ3v) is 2.66. The molecule has 0 saturated carbocycles. The Morgan fingerprint density at radius 2 is 2.60 bits per heavy atom. The standard InChI is InChI=1S/C5H7BrN2OS/c6-4-2-10-5(8-4)3(9)1-7/h2-3,9H,1,7H2. The fourth-order valence-corrected chi connectivity index (χ4v) is 1.78. The van der Waals surface area contributed by atoms with Gasteiger partial charge >= 0.3 is 0 Å². The molecule has 1 aromatic rings. The molecule has 3 N–H and O–H groups in total. The Bertz CT molecular complexity index is 215. The number of aliphatic hydroxyl groups excluding tert-OH is 1. The van der Waals surface area contributed by atoms with E-state index < -0.39 is 6.10 Å². The monoisotopic (exact) mass is 222 g/mol. The van der Waals surface area contributed by atoms with E-state index in [9.17, 15) is 0 Å². The van der Waals surface area contributed by atoms with Crippen molar-refractivity contribution in [3.63, 3.8) is 0 Å². The van der Waals surface area contributed by atoms with E-state index in [-0.39, 0.29) is 6.54 Å². The molecular weight excluding hydrogens is 216 g/mol. The van der Waals surface area contributed by atoms with Crippen LogP contribution < -0.4 is 5.73 Å². The van der Waals surface area contributed by atoms with Crippen molar-refractivity contribution in [1.82, 2.24) is 4.98 Å². The lowest BCUT2D eigenvalue weighted by Crippen LogP contribution is -2.10. The summed E-state index contributed by atoms with van der Waals surface area (Å²) in [6.07, 6.45) is -0.615. The summed E-state index contributed by atoms with van der Waals surface area (Å²) >= 11 is 4.57. The first kappa shape index (κ1) is 8.13. The summed E-state index contributed by atoms with van der Waals surface area (Å²) in [5.74, 6) is 0. The third kappa shape index (κ3) is 1.76. The molecule has 0 bridgehead atoms. The van der Waals surface area contributed by atoms with Gasteiger partial charge in [0.15, 0.2) is 0 Å². The molecule has 0 aromatic carbocycles. The lowest BCUT2D eigenvalue weighted by atomic mass is 10.4. The Labute approximate surface area is 71.0 Å². The molecule has 3 nitrogen and oxygen atoms in total. The highest BCUT2D eigenvalue weighted by Gasteiger charge is 2.08. The summed E-state index contributed by atoms with van der Waals surface area (Å²) in [7, 11) is 0. The third-order valence-electron chi connectivity index (χ3n) is 1.00. The maximum atomic E-state index is 9.14. The number of hydrogen-bond donors (Lipinski definition) is 2. The second-order valence-corrected chi connectivity index (χ2v) is 3.46. The van der Waals surface area contributed by atoms with Crippen molar-refractivity contribution >= 4 is 27.3 Å². The molecule has 0 aliphatic carbocycles. The molecule has 0 amide bonds. The van der Waals surface area contributed by atoms with Crippen LogP contribution in [0.25, 0.3) is 0 Å². The number of aromatic nitrogens is 1. The summed E-state index contributed by atoms with van der Waals surface area (Å²) in [5.41, 5.74) is 5.21. The second kappa shape index (κ2) is 3.43. The molecule has 1 unspecified atom stereocenters. The lowest BCUT2D eigenvalue weighted by Gasteiger charge is -2.00. The molecule has 1 aromatic heterocycles. The quantitative estimate of drug-likeness (QED) is 0.782. The maximum absolute atomic E-state index is 9.14. The minimum atomic E-state index is -0.615. The summed E-state index contributed by atoms with van der Waals surface area (Å²) < 4.78 is 0.750. The number of thiazole rings is 1. The normalized spacial score (nSPS) is 13.5. The van der Waals surface area contributed by atoms with E-state index in [0.717, 1.165) is 4.60 Å². The Morgan fingerprint density at radius 3 is 3.00 bits per heavy atom. The molecule has 5 heteroatoms. The van der Waals surface area contributed by atoms with E-state index in [1.807, 2.05) is 5.38 Å². The number of rotatable bonds is 2. The molecule has 0 saturated heterocycles. The van der Waals surface area contributed by atoms with Gasteiger partial charge in [-0.15, -0.1) is 11.3 Å². The number of hydrogen-bond acceptors (Lipinski definition) is 4. The van der Waals surface area contributed by atoms with E-state index in [2.05, 4.69) is 20.9 Å². The predicted octanol–water partition coefficient (Wildman–Crippen LogP) is 0.898. The lowest BCUT2D eigenvalue weighted by molar-refractivity contribution is 0.186. The van der Waals surface area contributed by atoms with Gasteiger partial charge in [0.05, 0.1) is 0 Å². The zero-order valence-electron chi connectivity index (χ0n) is 5.12. The summed E-state index contributed by atoms with van der Waals surface area (Å²) in [6, 6.07) is 0. The number of nitrogens with zero attached hydrogens (tertiary/aromatic N) is 1. The smallest absolute Gasteiger partial charge is 0.124 e. The highest BCUT2D eigenvalue weighted by molar-refractivity contribution is 9.10. The molecule has 1 heterocycles. The molecule has 10 heavy (non-hydrogen) atoms. The van der Waals surface area contributed by atoms with Gasteiger partial charge in [-0.3, -0.25) is 0 Å². The first-order chi connectivity index (χ1) is 4.74. The van der Waals surface area contributed by atoms with Gasteiger partial charge in [0.2, 0.25) is 0 Å². The minimum Gasteiger partial charge on any atom is -0.385 e. The van der Waals surface area contributed by atoms with Gasteiger partial charge in [0, 0.05) is 11.9 Å². The van der Waals surface area contributed by atoms with Gasteiger partial charge in [-0.1, -0.05) is 0 Å². The van der Waals surface area contributed by atoms with E-state index >= 15 is 0 Å². The molecule has 1 atom stereocenters. The highest BCUT2D eigenvalue weighted by Crippen LogP contribution is 2.20. The van der Waals surface area contributed by atoms with E-state index in [1.165, 1.54) is 11.3 Å². The summed E-state index contributed by atoms with van der Waals surface area (Å²) in [6.45, 7) is 0.222. The maximum Gasteiger partial charge on any atom is 0.124 e. The fraction of sp³-hybridized carbons (Fsp3) is 0.400. The van der Waals surface area contributed by atoms with Crippen molar-refractivity contribution in [3.8, 4) is 0 Å². The van der Waals surface area contributed by atoms with Crippen molar-refractivity contribution in [2.75, 3.05) is 6.54 Å². The van der Waals surface area contributed by atoms with Gasteiger partial charge in [-0.05, 0) is 15.9 Å². The fourth-order valence-electron chi connectivity index (χ4n) is 0.521. The van der Waals surface area contributed by atoms with Crippen LogP contribution in [0, 0.1) is 0 Å². The van der Waals surface area contributed by atoms with E-state index in [1.54, 1.807) is 0 Å². The zero-order chi connectivity index (χ0) is 7.56. The van der Waals surface area contributed by atoms with Crippen molar-refractivity contribution in [1.29, 1.82) is 0 Å². The van der Waals surface area contributed by atoms with Gasteiger partial charge in [0.1, 0.15) is 15.7 Å². The molecule has 0 aliphatic rings. The van der Waals surface area contributed by atoms with Crippen LogP contribution in [0.3, 0.4) is 0 Å². The van der Waals surface area contributed by atoms with Gasteiger partial charge < -0.3 is 10.8 Å². The first-order valence-electron chi connectivity index (χ1n) is 2.73. The van der Waals surface area contributed by atoms with Gasteiger partial charge in [0.25, 0.3) is 0 Å². The first-order valence-corrected chi connectivity index (χ1v) is 4.40. The topological polar surface area (TPSA) is 59.1 Å². The Hall–Kier alpha value is 0.0300. The Morgan fingerprint density at radius 1 is 1.90 bits per heavy atom. The van der Waals surface area contributed by atoms with Crippen LogP contribution in [0.4, 0.5) is 0 Å². The second-order valence-electron chi connectivity index (χ2n) is 1.76. The predicted molar refractivity (Wildman–Crippen MR) is 43.8 cm³/mol. The number of nitrogens with two attached hydrogens (primary N) is 1. The van der Waals surface area contributed by atoms with E-state index in [4.69, 9.17) is 10.8 Å². The molecule has 56 valence electrons. The summed E-state index contributed by atoms with van der Waals surface area (Å²) in [4.78, 5) is 3.99. The van der Waals surface area contributed by atoms with Crippen LogP contribution in [0.5, 0.6) is 0 Å². The van der Waals surface area contributed by atoms with Gasteiger partial charge in [-0.2, -0.15) is 0 Å². The summed E-state index contributed by atoms with van der Waals surface area (Å²) in [5, 5.41) is 11.6. The minimum absolute atomic E-state index is 0.222. The molecule has 0 fully saturated rings. The zero-order valence-corrected chi connectivity index (χ0v) is 7.52. The number of aliphatic hydroxyl groups is 1. The molecular formula is C5H7BrN2OS. The Kier molecular flexibility index (Phi) is 2.79. The molecule has 1 rings (SSSR count). The van der Waals surface area contributed by atoms with Crippen LogP contribution in [-0.4, -0.2) is 16.6 Å². The van der Waals surface area contributed by atoms with Crippen LogP contribution in [0.15, 0.2) is 9.98 Å². The SMILES string of the molecule is NCC(O)c1nc(Br)cs1. The van der Waals surface area contributed by atoms with E-state index in [0.29, 0.717) is 5.01 Å². The average molecular weight is 223 g/mol. The van der Waals surface area contributed by atoms with Crippen molar-refractivity contribution in [2.24, 2.45) is 5.73 Å². The van der Waals surface area contributed by atoms with Crippen LogP contribution in [0.1, 0.15) is 11.1 Å². The highest BCUT2D eigenvalue weighted by atomic mass is 79.9. The Balaban J connectivity index is 2.74. The molecule has 0 spiro atoms. The van der Waals surface area contributed by atoms with Crippen LogP contribution >= 0.6 is 27.3 Å². The van der Waals surface area contributed by atoms with Gasteiger partial charge in [-0.25, -0.2) is 4.98 Å². The molecule has 0 aliphatic heterocycles. The van der Waals surface area contributed by atoms with Crippen molar-refractivity contribution < 1.29 is 5.11 Å². The van der Waals surface area contributed by atoms with Crippen LogP contribution in [-0.2, 0) is 0 Å². The average Bonchev–Trinajstić information content (AvgIpc) is 2.34. The van der Waals surface area contributed by atoms with Crippen molar-refractivity contribution in [3.05, 3.63) is 15.0 Å². The largest absolute Gasteiger partial charge is 0.385 e.